The predicted octanol–water partition coefficient (Wildman–Crippen LogP) is 1.37. The van der Waals surface area contributed by atoms with Gasteiger partial charge in [0.2, 0.25) is 0 Å². The molecule has 0 saturated carbocycles. The fourth-order valence-electron chi connectivity index (χ4n) is 0.440. The molecule has 0 heterocycles. The van der Waals surface area contributed by atoms with E-state index in [0.717, 1.165) is 19.3 Å². The summed E-state index contributed by atoms with van der Waals surface area (Å²) < 4.78 is 0. The van der Waals surface area contributed by atoms with E-state index in [4.69, 9.17) is 5.11 Å². The molecule has 0 aromatic rings. The molecular formula is C6H13O. The van der Waals surface area contributed by atoms with E-state index in [-0.39, 0.29) is 6.10 Å². The lowest BCUT2D eigenvalue weighted by Gasteiger charge is -1.98. The Balaban J connectivity index is 2.68. The van der Waals surface area contributed by atoms with E-state index in [9.17, 15) is 0 Å². The first kappa shape index (κ1) is 6.96. The van der Waals surface area contributed by atoms with Crippen molar-refractivity contribution in [1.29, 1.82) is 0 Å². The van der Waals surface area contributed by atoms with Crippen LogP contribution in [0.25, 0.3) is 0 Å². The van der Waals surface area contributed by atoms with Crippen LogP contribution in [0.4, 0.5) is 0 Å². The standard InChI is InChI=1S/C6H13O/c1-3-4-5-6(2)7/h6-7H,1,3-5H2,2H3/t6-/m0/s1. The molecule has 7 heavy (non-hydrogen) atoms. The molecule has 0 aromatic carbocycles. The van der Waals surface area contributed by atoms with E-state index in [2.05, 4.69) is 6.92 Å². The van der Waals surface area contributed by atoms with Gasteiger partial charge in [0, 0.05) is 0 Å². The molecule has 0 amide bonds. The third kappa shape index (κ3) is 5.96. The summed E-state index contributed by atoms with van der Waals surface area (Å²) in [6, 6.07) is 0. The summed E-state index contributed by atoms with van der Waals surface area (Å²) >= 11 is 0. The highest BCUT2D eigenvalue weighted by Gasteiger charge is 1.90. The maximum atomic E-state index is 8.66. The molecule has 0 unspecified atom stereocenters. The van der Waals surface area contributed by atoms with E-state index in [0.29, 0.717) is 0 Å². The minimum atomic E-state index is -0.137. The van der Waals surface area contributed by atoms with Gasteiger partial charge in [-0.05, 0) is 13.3 Å². The van der Waals surface area contributed by atoms with Crippen LogP contribution in [-0.2, 0) is 0 Å². The van der Waals surface area contributed by atoms with Crippen LogP contribution in [0.15, 0.2) is 0 Å². The Morgan fingerprint density at radius 3 is 2.43 bits per heavy atom. The summed E-state index contributed by atoms with van der Waals surface area (Å²) in [5.41, 5.74) is 0. The molecule has 1 heteroatoms. The van der Waals surface area contributed by atoms with E-state index in [1.54, 1.807) is 6.92 Å². The minimum Gasteiger partial charge on any atom is -0.393 e. The van der Waals surface area contributed by atoms with Gasteiger partial charge in [0.1, 0.15) is 0 Å². The highest BCUT2D eigenvalue weighted by Crippen LogP contribution is 1.96. The molecule has 0 fully saturated rings. The molecule has 1 radical (unpaired) electrons. The van der Waals surface area contributed by atoms with Gasteiger partial charge in [-0.2, -0.15) is 0 Å². The third-order valence-electron chi connectivity index (χ3n) is 0.872. The zero-order valence-corrected chi connectivity index (χ0v) is 4.85. The van der Waals surface area contributed by atoms with Crippen LogP contribution in [0.5, 0.6) is 0 Å². The zero-order valence-electron chi connectivity index (χ0n) is 4.85. The Bertz CT molecular complexity index is 33.2. The van der Waals surface area contributed by atoms with Gasteiger partial charge in [-0.25, -0.2) is 0 Å². The summed E-state index contributed by atoms with van der Waals surface area (Å²) in [5, 5.41) is 8.66. The van der Waals surface area contributed by atoms with Gasteiger partial charge in [-0.1, -0.05) is 19.8 Å². The lowest BCUT2D eigenvalue weighted by atomic mass is 10.2. The Morgan fingerprint density at radius 1 is 1.71 bits per heavy atom. The van der Waals surface area contributed by atoms with Gasteiger partial charge in [0.25, 0.3) is 0 Å². The van der Waals surface area contributed by atoms with Gasteiger partial charge in [-0.15, -0.1) is 0 Å². The number of aliphatic hydroxyl groups excluding tert-OH is 1. The molecule has 0 saturated heterocycles. The van der Waals surface area contributed by atoms with Gasteiger partial charge < -0.3 is 5.11 Å². The number of rotatable bonds is 3. The first-order valence-corrected chi connectivity index (χ1v) is 2.74. The Labute approximate surface area is 45.4 Å². The highest BCUT2D eigenvalue weighted by molar-refractivity contribution is 4.47. The van der Waals surface area contributed by atoms with Crippen molar-refractivity contribution >= 4 is 0 Å². The largest absolute Gasteiger partial charge is 0.393 e. The summed E-state index contributed by atoms with van der Waals surface area (Å²) in [4.78, 5) is 0. The number of hydrogen-bond acceptors (Lipinski definition) is 1. The maximum absolute atomic E-state index is 8.66. The monoisotopic (exact) mass is 101 g/mol. The Hall–Kier alpha value is -0.0400. The van der Waals surface area contributed by atoms with Crippen LogP contribution in [0, 0.1) is 6.92 Å². The van der Waals surface area contributed by atoms with Gasteiger partial charge in [0.05, 0.1) is 6.10 Å². The van der Waals surface area contributed by atoms with E-state index < -0.39 is 0 Å². The fourth-order valence-corrected chi connectivity index (χ4v) is 0.440. The van der Waals surface area contributed by atoms with Crippen molar-refractivity contribution in [2.75, 3.05) is 0 Å². The number of aliphatic hydroxyl groups is 1. The van der Waals surface area contributed by atoms with Crippen LogP contribution < -0.4 is 0 Å². The average molecular weight is 101 g/mol. The SMILES string of the molecule is [CH2]CCC[C@H](C)O. The second kappa shape index (κ2) is 4.13. The van der Waals surface area contributed by atoms with Gasteiger partial charge in [-0.3, -0.25) is 0 Å². The number of hydrogen-bond donors (Lipinski definition) is 1. The fraction of sp³-hybridized carbons (Fsp3) is 0.833. The summed E-state index contributed by atoms with van der Waals surface area (Å²) in [5.74, 6) is 0. The molecule has 0 aromatic heterocycles. The number of unbranched alkanes of at least 4 members (excludes halogenated alkanes) is 1. The second-order valence-electron chi connectivity index (χ2n) is 1.84. The van der Waals surface area contributed by atoms with Crippen LogP contribution >= 0.6 is 0 Å². The molecular weight excluding hydrogens is 88.1 g/mol. The highest BCUT2D eigenvalue weighted by atomic mass is 16.3. The molecule has 1 N–H and O–H groups in total. The van der Waals surface area contributed by atoms with Crippen LogP contribution in [0.1, 0.15) is 26.2 Å². The van der Waals surface area contributed by atoms with E-state index >= 15 is 0 Å². The first-order valence-electron chi connectivity index (χ1n) is 2.74. The van der Waals surface area contributed by atoms with Crippen LogP contribution in [0.2, 0.25) is 0 Å². The summed E-state index contributed by atoms with van der Waals surface area (Å²) in [6.07, 6.45) is 2.73. The molecule has 1 atom stereocenters. The molecule has 0 aliphatic heterocycles. The molecule has 0 aliphatic carbocycles. The van der Waals surface area contributed by atoms with E-state index in [1.807, 2.05) is 0 Å². The van der Waals surface area contributed by atoms with Crippen molar-refractivity contribution < 1.29 is 5.11 Å². The Kier molecular flexibility index (Phi) is 4.10. The average Bonchev–Trinajstić information content (AvgIpc) is 1.61. The molecule has 1 nitrogen and oxygen atoms in total. The lowest BCUT2D eigenvalue weighted by Crippen LogP contribution is -1.97. The summed E-state index contributed by atoms with van der Waals surface area (Å²) in [6.45, 7) is 5.45. The van der Waals surface area contributed by atoms with Crippen molar-refractivity contribution in [3.8, 4) is 0 Å². The van der Waals surface area contributed by atoms with Gasteiger partial charge >= 0.3 is 0 Å². The molecule has 43 valence electrons. The molecule has 0 rings (SSSR count). The third-order valence-corrected chi connectivity index (χ3v) is 0.872. The molecule has 0 bridgehead atoms. The van der Waals surface area contributed by atoms with Crippen LogP contribution in [0.3, 0.4) is 0 Å². The predicted molar refractivity (Wildman–Crippen MR) is 30.9 cm³/mol. The zero-order chi connectivity index (χ0) is 5.70. The smallest absolute Gasteiger partial charge is 0.0512 e. The van der Waals surface area contributed by atoms with Crippen molar-refractivity contribution in [3.63, 3.8) is 0 Å². The van der Waals surface area contributed by atoms with Gasteiger partial charge in [0.15, 0.2) is 0 Å². The topological polar surface area (TPSA) is 20.2 Å². The normalized spacial score (nSPS) is 14.1. The van der Waals surface area contributed by atoms with Crippen molar-refractivity contribution in [2.24, 2.45) is 0 Å². The lowest BCUT2D eigenvalue weighted by molar-refractivity contribution is 0.182. The van der Waals surface area contributed by atoms with Crippen molar-refractivity contribution in [1.82, 2.24) is 0 Å². The van der Waals surface area contributed by atoms with E-state index in [1.165, 1.54) is 0 Å². The quantitative estimate of drug-likeness (QED) is 0.569. The van der Waals surface area contributed by atoms with Crippen LogP contribution in [-0.4, -0.2) is 11.2 Å². The first-order chi connectivity index (χ1) is 3.27. The van der Waals surface area contributed by atoms with Crippen molar-refractivity contribution in [3.05, 3.63) is 6.92 Å². The minimum absolute atomic E-state index is 0.137. The Morgan fingerprint density at radius 2 is 2.29 bits per heavy atom. The summed E-state index contributed by atoms with van der Waals surface area (Å²) in [7, 11) is 0. The second-order valence-corrected chi connectivity index (χ2v) is 1.84. The molecule has 0 spiro atoms. The van der Waals surface area contributed by atoms with Crippen molar-refractivity contribution in [2.45, 2.75) is 32.3 Å². The maximum Gasteiger partial charge on any atom is 0.0512 e. The molecule has 0 aliphatic rings.